The van der Waals surface area contributed by atoms with E-state index < -0.39 is 5.97 Å². The normalized spacial score (nSPS) is 37.0. The van der Waals surface area contributed by atoms with Gasteiger partial charge in [-0.3, -0.25) is 9.59 Å². The Morgan fingerprint density at radius 2 is 1.76 bits per heavy atom. The number of carboxylic acids is 1. The second-order valence-corrected chi connectivity index (χ2v) is 5.67. The molecule has 2 saturated carbocycles. The van der Waals surface area contributed by atoms with E-state index in [1.165, 1.54) is 6.42 Å². The van der Waals surface area contributed by atoms with Crippen LogP contribution in [-0.4, -0.2) is 23.0 Å². The summed E-state index contributed by atoms with van der Waals surface area (Å²) >= 11 is 0. The number of carbonyl (C=O) groups is 2. The minimum atomic E-state index is -0.755. The van der Waals surface area contributed by atoms with Crippen LogP contribution < -0.4 is 5.32 Å². The number of hydrogen-bond acceptors (Lipinski definition) is 2. The number of nitrogens with one attached hydrogen (secondary N) is 1. The molecule has 0 aliphatic heterocycles. The van der Waals surface area contributed by atoms with Gasteiger partial charge in [-0.1, -0.05) is 6.92 Å². The number of carboxylic acid groups (broad SMARTS) is 1. The Kier molecular flexibility index (Phi) is 3.69. The highest BCUT2D eigenvalue weighted by Gasteiger charge is 2.35. The van der Waals surface area contributed by atoms with E-state index in [1.807, 2.05) is 0 Å². The first-order valence-electron chi connectivity index (χ1n) is 6.59. The molecule has 2 aliphatic rings. The lowest BCUT2D eigenvalue weighted by atomic mass is 10.0. The van der Waals surface area contributed by atoms with E-state index in [4.69, 9.17) is 5.11 Å². The molecule has 0 bridgehead atoms. The van der Waals surface area contributed by atoms with Crippen LogP contribution in [0.2, 0.25) is 0 Å². The molecule has 2 rings (SSSR count). The van der Waals surface area contributed by atoms with Crippen molar-refractivity contribution in [2.45, 2.75) is 51.5 Å². The quantitative estimate of drug-likeness (QED) is 0.789. The molecule has 4 heteroatoms. The molecule has 4 atom stereocenters. The molecule has 2 N–H and O–H groups in total. The summed E-state index contributed by atoms with van der Waals surface area (Å²) in [4.78, 5) is 22.8. The zero-order chi connectivity index (χ0) is 12.4. The SMILES string of the molecule is CC1CCC(NC(=O)C2CCC(C(=O)O)C2)C1. The molecule has 4 unspecified atom stereocenters. The summed E-state index contributed by atoms with van der Waals surface area (Å²) in [6.45, 7) is 2.21. The van der Waals surface area contributed by atoms with Crippen LogP contribution in [0.1, 0.15) is 45.4 Å². The number of rotatable bonds is 3. The molecular weight excluding hydrogens is 218 g/mol. The van der Waals surface area contributed by atoms with Gasteiger partial charge in [0, 0.05) is 12.0 Å². The summed E-state index contributed by atoms with van der Waals surface area (Å²) in [5, 5.41) is 12.0. The van der Waals surface area contributed by atoms with Crippen LogP contribution in [0.15, 0.2) is 0 Å². The minimum absolute atomic E-state index is 0.0767. The maximum atomic E-state index is 12.0. The Hall–Kier alpha value is -1.06. The van der Waals surface area contributed by atoms with Crippen LogP contribution in [0.4, 0.5) is 0 Å². The predicted molar refractivity (Wildman–Crippen MR) is 63.4 cm³/mol. The zero-order valence-corrected chi connectivity index (χ0v) is 10.3. The Morgan fingerprint density at radius 1 is 1.06 bits per heavy atom. The minimum Gasteiger partial charge on any atom is -0.481 e. The topological polar surface area (TPSA) is 66.4 Å². The van der Waals surface area contributed by atoms with E-state index in [9.17, 15) is 9.59 Å². The lowest BCUT2D eigenvalue weighted by Gasteiger charge is -2.16. The smallest absolute Gasteiger partial charge is 0.306 e. The van der Waals surface area contributed by atoms with Crippen molar-refractivity contribution in [1.29, 1.82) is 0 Å². The van der Waals surface area contributed by atoms with E-state index in [1.54, 1.807) is 0 Å². The van der Waals surface area contributed by atoms with Crippen LogP contribution in [0, 0.1) is 17.8 Å². The monoisotopic (exact) mass is 239 g/mol. The van der Waals surface area contributed by atoms with Crippen LogP contribution in [0.25, 0.3) is 0 Å². The molecule has 4 nitrogen and oxygen atoms in total. The van der Waals surface area contributed by atoms with Gasteiger partial charge in [-0.05, 0) is 44.4 Å². The van der Waals surface area contributed by atoms with Gasteiger partial charge in [-0.25, -0.2) is 0 Å². The molecule has 0 aromatic rings. The average Bonchev–Trinajstić information content (AvgIpc) is 2.86. The molecule has 17 heavy (non-hydrogen) atoms. The molecule has 2 aliphatic carbocycles. The van der Waals surface area contributed by atoms with Gasteiger partial charge in [0.05, 0.1) is 5.92 Å². The highest BCUT2D eigenvalue weighted by Crippen LogP contribution is 2.32. The van der Waals surface area contributed by atoms with Crippen LogP contribution in [0.5, 0.6) is 0 Å². The fraction of sp³-hybridized carbons (Fsp3) is 0.846. The Balaban J connectivity index is 1.79. The number of aliphatic carboxylic acids is 1. The maximum Gasteiger partial charge on any atom is 0.306 e. The predicted octanol–water partition coefficient (Wildman–Crippen LogP) is 1.79. The van der Waals surface area contributed by atoms with E-state index >= 15 is 0 Å². The Bertz CT molecular complexity index is 316. The summed E-state index contributed by atoms with van der Waals surface area (Å²) in [5.41, 5.74) is 0. The van der Waals surface area contributed by atoms with Crippen molar-refractivity contribution in [3.8, 4) is 0 Å². The first kappa shape index (κ1) is 12.4. The highest BCUT2D eigenvalue weighted by molar-refractivity contribution is 5.81. The number of hydrogen-bond donors (Lipinski definition) is 2. The number of carbonyl (C=O) groups excluding carboxylic acids is 1. The first-order chi connectivity index (χ1) is 8.06. The van der Waals surface area contributed by atoms with Crippen molar-refractivity contribution in [3.05, 3.63) is 0 Å². The van der Waals surface area contributed by atoms with E-state index in [2.05, 4.69) is 12.2 Å². The summed E-state index contributed by atoms with van der Waals surface area (Å²) in [7, 11) is 0. The molecule has 96 valence electrons. The van der Waals surface area contributed by atoms with E-state index in [0.29, 0.717) is 24.8 Å². The van der Waals surface area contributed by atoms with Crippen molar-refractivity contribution in [2.75, 3.05) is 0 Å². The van der Waals surface area contributed by atoms with Crippen molar-refractivity contribution in [2.24, 2.45) is 17.8 Å². The molecular formula is C13H21NO3. The van der Waals surface area contributed by atoms with Gasteiger partial charge < -0.3 is 10.4 Å². The standard InChI is InChI=1S/C13H21NO3/c1-8-2-5-11(6-8)14-12(15)9-3-4-10(7-9)13(16)17/h8-11H,2-7H2,1H3,(H,14,15)(H,16,17). The third kappa shape index (κ3) is 2.99. The third-order valence-corrected chi connectivity index (χ3v) is 4.19. The van der Waals surface area contributed by atoms with E-state index in [-0.39, 0.29) is 17.7 Å². The van der Waals surface area contributed by atoms with Gasteiger partial charge in [-0.15, -0.1) is 0 Å². The van der Waals surface area contributed by atoms with Gasteiger partial charge in [0.15, 0.2) is 0 Å². The zero-order valence-electron chi connectivity index (χ0n) is 10.3. The molecule has 0 radical (unpaired) electrons. The molecule has 0 aromatic carbocycles. The number of amides is 1. The van der Waals surface area contributed by atoms with Crippen molar-refractivity contribution < 1.29 is 14.7 Å². The lowest BCUT2D eigenvalue weighted by molar-refractivity contribution is -0.141. The second kappa shape index (κ2) is 5.07. The van der Waals surface area contributed by atoms with E-state index in [0.717, 1.165) is 19.3 Å². The van der Waals surface area contributed by atoms with Gasteiger partial charge >= 0.3 is 5.97 Å². The van der Waals surface area contributed by atoms with Gasteiger partial charge in [0.1, 0.15) is 0 Å². The summed E-state index contributed by atoms with van der Waals surface area (Å²) in [5.74, 6) is -0.362. The molecule has 1 amide bonds. The van der Waals surface area contributed by atoms with Gasteiger partial charge in [-0.2, -0.15) is 0 Å². The van der Waals surface area contributed by atoms with Gasteiger partial charge in [0.25, 0.3) is 0 Å². The average molecular weight is 239 g/mol. The summed E-state index contributed by atoms with van der Waals surface area (Å²) < 4.78 is 0. The lowest BCUT2D eigenvalue weighted by Crippen LogP contribution is -2.37. The molecule has 0 spiro atoms. The molecule has 0 heterocycles. The third-order valence-electron chi connectivity index (χ3n) is 4.19. The van der Waals surface area contributed by atoms with Crippen molar-refractivity contribution in [1.82, 2.24) is 5.32 Å². The second-order valence-electron chi connectivity index (χ2n) is 5.67. The van der Waals surface area contributed by atoms with Crippen LogP contribution >= 0.6 is 0 Å². The maximum absolute atomic E-state index is 12.0. The van der Waals surface area contributed by atoms with Crippen molar-refractivity contribution in [3.63, 3.8) is 0 Å². The first-order valence-corrected chi connectivity index (χ1v) is 6.59. The van der Waals surface area contributed by atoms with Crippen LogP contribution in [-0.2, 0) is 9.59 Å². The largest absolute Gasteiger partial charge is 0.481 e. The molecule has 0 saturated heterocycles. The fourth-order valence-corrected chi connectivity index (χ4v) is 3.10. The molecule has 0 aromatic heterocycles. The summed E-state index contributed by atoms with van der Waals surface area (Å²) in [6, 6.07) is 0.321. The van der Waals surface area contributed by atoms with Crippen LogP contribution in [0.3, 0.4) is 0 Å². The molecule has 2 fully saturated rings. The summed E-state index contributed by atoms with van der Waals surface area (Å²) in [6.07, 6.45) is 5.22. The fourth-order valence-electron chi connectivity index (χ4n) is 3.10. The highest BCUT2D eigenvalue weighted by atomic mass is 16.4. The van der Waals surface area contributed by atoms with Gasteiger partial charge in [0.2, 0.25) is 5.91 Å². The van der Waals surface area contributed by atoms with Crippen molar-refractivity contribution >= 4 is 11.9 Å². The Labute approximate surface area is 102 Å². The Morgan fingerprint density at radius 3 is 2.29 bits per heavy atom.